The lowest BCUT2D eigenvalue weighted by atomic mass is 9.64. The second kappa shape index (κ2) is 12.7. The molecule has 0 radical (unpaired) electrons. The third-order valence-corrected chi connectivity index (χ3v) is 7.87. The minimum absolute atomic E-state index is 0.0371. The van der Waals surface area contributed by atoms with E-state index in [0.29, 0.717) is 23.6 Å². The van der Waals surface area contributed by atoms with Gasteiger partial charge in [-0.25, -0.2) is 0 Å². The predicted octanol–water partition coefficient (Wildman–Crippen LogP) is 4.30. The van der Waals surface area contributed by atoms with Crippen LogP contribution >= 0.6 is 11.6 Å². The van der Waals surface area contributed by atoms with Crippen LogP contribution in [0, 0.1) is 5.41 Å². The highest BCUT2D eigenvalue weighted by Gasteiger charge is 2.70. The van der Waals surface area contributed by atoms with Crippen LogP contribution in [0.25, 0.3) is 0 Å². The van der Waals surface area contributed by atoms with Crippen LogP contribution in [0.15, 0.2) is 42.5 Å². The quantitative estimate of drug-likeness (QED) is 0.287. The van der Waals surface area contributed by atoms with Crippen molar-refractivity contribution in [1.29, 1.82) is 0 Å². The summed E-state index contributed by atoms with van der Waals surface area (Å²) in [5, 5.41) is 0.516. The lowest BCUT2D eigenvalue weighted by Gasteiger charge is -2.49. The number of ether oxygens (including phenoxy) is 6. The van der Waals surface area contributed by atoms with E-state index >= 15 is 0 Å². The van der Waals surface area contributed by atoms with Gasteiger partial charge in [-0.05, 0) is 54.7 Å². The molecular formula is C31H35ClO10. The molecule has 2 fully saturated rings. The monoisotopic (exact) mass is 602 g/mol. The molecular weight excluding hydrogens is 568 g/mol. The molecule has 10 nitrogen and oxygen atoms in total. The van der Waals surface area contributed by atoms with Crippen LogP contribution < -0.4 is 4.74 Å². The van der Waals surface area contributed by atoms with E-state index in [1.807, 2.05) is 37.3 Å². The number of hydrogen-bond donors (Lipinski definition) is 0. The van der Waals surface area contributed by atoms with Gasteiger partial charge < -0.3 is 28.4 Å². The largest absolute Gasteiger partial charge is 0.494 e. The zero-order valence-corrected chi connectivity index (χ0v) is 25.0. The summed E-state index contributed by atoms with van der Waals surface area (Å²) in [5.41, 5.74) is -0.0767. The minimum Gasteiger partial charge on any atom is -0.494 e. The van der Waals surface area contributed by atoms with Crippen molar-refractivity contribution in [2.24, 2.45) is 5.41 Å². The van der Waals surface area contributed by atoms with Gasteiger partial charge in [0.05, 0.1) is 18.6 Å². The Morgan fingerprint density at radius 1 is 0.881 bits per heavy atom. The number of fused-ring (bicyclic) bond motifs is 2. The Kier molecular flexibility index (Phi) is 9.47. The van der Waals surface area contributed by atoms with Crippen LogP contribution in [-0.2, 0) is 54.9 Å². The maximum absolute atomic E-state index is 12.4. The van der Waals surface area contributed by atoms with Crippen LogP contribution in [0.2, 0.25) is 5.02 Å². The standard InChI is InChI=1S/C31H35ClO10/c1-6-37-25-10-7-22(8-11-25)13-23-14-24(9-12-26(23)32)31-15-30(17-39-31,16-38-18(2)33)28(41-20(4)35)27(40-19(3)34)29(31)42-21(5)36/h7-12,14,27-29H,6,13,15-17H2,1-5H3/t27-,28-,29+,30+,31+/m0/s1. The third-order valence-electron chi connectivity index (χ3n) is 7.51. The van der Waals surface area contributed by atoms with E-state index in [0.717, 1.165) is 16.9 Å². The van der Waals surface area contributed by atoms with Gasteiger partial charge in [0.2, 0.25) is 0 Å². The van der Waals surface area contributed by atoms with Crippen LogP contribution in [0.4, 0.5) is 0 Å². The average molecular weight is 603 g/mol. The molecule has 0 N–H and O–H groups in total. The Hall–Kier alpha value is -3.63. The fraction of sp³-hybridized carbons (Fsp3) is 0.484. The molecule has 226 valence electrons. The number of benzene rings is 2. The topological polar surface area (TPSA) is 124 Å². The lowest BCUT2D eigenvalue weighted by molar-refractivity contribution is -0.228. The summed E-state index contributed by atoms with van der Waals surface area (Å²) in [7, 11) is 0. The summed E-state index contributed by atoms with van der Waals surface area (Å²) in [6.45, 7) is 7.17. The van der Waals surface area contributed by atoms with Gasteiger partial charge in [0.1, 0.15) is 18.0 Å². The second-order valence-corrected chi connectivity index (χ2v) is 11.1. The number of carbonyl (C=O) groups excluding carboxylic acids is 4. The molecule has 1 saturated carbocycles. The normalized spacial score (nSPS) is 26.2. The fourth-order valence-corrected chi connectivity index (χ4v) is 6.08. The van der Waals surface area contributed by atoms with Gasteiger partial charge >= 0.3 is 23.9 Å². The van der Waals surface area contributed by atoms with Crippen molar-refractivity contribution in [1.82, 2.24) is 0 Å². The molecule has 2 aromatic carbocycles. The highest BCUT2D eigenvalue weighted by molar-refractivity contribution is 6.31. The molecule has 2 bridgehead atoms. The second-order valence-electron chi connectivity index (χ2n) is 10.7. The van der Waals surface area contributed by atoms with Gasteiger partial charge in [-0.1, -0.05) is 35.9 Å². The molecule has 0 unspecified atom stereocenters. The van der Waals surface area contributed by atoms with Gasteiger partial charge in [0.15, 0.2) is 18.3 Å². The zero-order chi connectivity index (χ0) is 30.7. The van der Waals surface area contributed by atoms with E-state index in [9.17, 15) is 19.2 Å². The molecule has 11 heteroatoms. The van der Waals surface area contributed by atoms with Crippen molar-refractivity contribution < 1.29 is 47.6 Å². The van der Waals surface area contributed by atoms with E-state index in [1.54, 1.807) is 12.1 Å². The molecule has 4 rings (SSSR count). The van der Waals surface area contributed by atoms with Gasteiger partial charge in [-0.2, -0.15) is 0 Å². The maximum atomic E-state index is 12.4. The highest BCUT2D eigenvalue weighted by Crippen LogP contribution is 2.58. The molecule has 1 aliphatic heterocycles. The van der Waals surface area contributed by atoms with Crippen LogP contribution in [-0.4, -0.2) is 62.0 Å². The van der Waals surface area contributed by atoms with Gasteiger partial charge in [-0.15, -0.1) is 0 Å². The average Bonchev–Trinajstić information content (AvgIpc) is 3.28. The first-order valence-corrected chi connectivity index (χ1v) is 14.1. The first-order chi connectivity index (χ1) is 19.9. The molecule has 1 heterocycles. The van der Waals surface area contributed by atoms with E-state index in [1.165, 1.54) is 27.7 Å². The molecule has 1 saturated heterocycles. The summed E-state index contributed by atoms with van der Waals surface area (Å²) < 4.78 is 34.7. The third kappa shape index (κ3) is 6.55. The summed E-state index contributed by atoms with van der Waals surface area (Å²) in [6.07, 6.45) is -2.97. The van der Waals surface area contributed by atoms with Crippen molar-refractivity contribution in [3.05, 3.63) is 64.2 Å². The molecule has 42 heavy (non-hydrogen) atoms. The first-order valence-electron chi connectivity index (χ1n) is 13.7. The van der Waals surface area contributed by atoms with Crippen molar-refractivity contribution >= 4 is 35.5 Å². The number of rotatable bonds is 10. The Balaban J connectivity index is 1.82. The molecule has 0 aromatic heterocycles. The SMILES string of the molecule is CCOc1ccc(Cc2cc([C@@]34C[C@@](COC(C)=O)(CO3)[C@@H](OC(C)=O)[C@H](OC(C)=O)[C@H]4OC(C)=O)ccc2Cl)cc1. The number of hydrogen-bond acceptors (Lipinski definition) is 10. The summed E-state index contributed by atoms with van der Waals surface area (Å²) in [4.78, 5) is 48.9. The minimum atomic E-state index is -1.35. The fourth-order valence-electron chi connectivity index (χ4n) is 5.90. The van der Waals surface area contributed by atoms with Crippen molar-refractivity contribution in [3.8, 4) is 5.75 Å². The summed E-state index contributed by atoms with van der Waals surface area (Å²) in [6, 6.07) is 13.0. The van der Waals surface area contributed by atoms with E-state index in [-0.39, 0.29) is 19.6 Å². The number of esters is 4. The van der Waals surface area contributed by atoms with E-state index in [2.05, 4.69) is 0 Å². The van der Waals surface area contributed by atoms with Crippen LogP contribution in [0.5, 0.6) is 5.75 Å². The smallest absolute Gasteiger partial charge is 0.303 e. The van der Waals surface area contributed by atoms with Gasteiger partial charge in [-0.3, -0.25) is 19.2 Å². The summed E-state index contributed by atoms with van der Waals surface area (Å²) >= 11 is 6.64. The Morgan fingerprint density at radius 2 is 1.52 bits per heavy atom. The maximum Gasteiger partial charge on any atom is 0.303 e. The molecule has 1 aliphatic carbocycles. The van der Waals surface area contributed by atoms with Crippen molar-refractivity contribution in [2.45, 2.75) is 71.4 Å². The molecule has 0 amide bonds. The number of carbonyl (C=O) groups is 4. The van der Waals surface area contributed by atoms with Crippen LogP contribution in [0.1, 0.15) is 57.7 Å². The van der Waals surface area contributed by atoms with E-state index in [4.69, 9.17) is 40.0 Å². The molecule has 2 aromatic rings. The van der Waals surface area contributed by atoms with Gasteiger partial charge in [0.25, 0.3) is 0 Å². The van der Waals surface area contributed by atoms with E-state index < -0.39 is 53.2 Å². The molecule has 5 atom stereocenters. The van der Waals surface area contributed by atoms with Crippen molar-refractivity contribution in [2.75, 3.05) is 19.8 Å². The highest BCUT2D eigenvalue weighted by atomic mass is 35.5. The van der Waals surface area contributed by atoms with Crippen LogP contribution in [0.3, 0.4) is 0 Å². The Bertz CT molecular complexity index is 1340. The lowest BCUT2D eigenvalue weighted by Crippen LogP contribution is -2.64. The van der Waals surface area contributed by atoms with Gasteiger partial charge in [0, 0.05) is 32.7 Å². The Morgan fingerprint density at radius 3 is 2.12 bits per heavy atom. The number of halogens is 1. The molecule has 0 spiro atoms. The zero-order valence-electron chi connectivity index (χ0n) is 24.3. The Labute approximate surface area is 249 Å². The predicted molar refractivity (Wildman–Crippen MR) is 150 cm³/mol. The molecule has 2 aliphatic rings. The van der Waals surface area contributed by atoms with Crippen molar-refractivity contribution in [3.63, 3.8) is 0 Å². The summed E-state index contributed by atoms with van der Waals surface area (Å²) in [5.74, 6) is -1.76. The first kappa shape index (κ1) is 31.3.